The highest BCUT2D eigenvalue weighted by Gasteiger charge is 2.21. The Labute approximate surface area is 178 Å². The van der Waals surface area contributed by atoms with Gasteiger partial charge in [0.25, 0.3) is 0 Å². The maximum absolute atomic E-state index is 12.6. The van der Waals surface area contributed by atoms with E-state index in [9.17, 15) is 4.79 Å². The zero-order chi connectivity index (χ0) is 20.9. The quantitative estimate of drug-likeness (QED) is 0.410. The van der Waals surface area contributed by atoms with Crippen molar-refractivity contribution in [3.63, 3.8) is 0 Å². The molecule has 7 nitrogen and oxygen atoms in total. The second-order valence-corrected chi connectivity index (χ2v) is 9.49. The molecule has 2 heterocycles. The number of rotatable bonds is 8. The fourth-order valence-electron chi connectivity index (χ4n) is 2.41. The molecule has 152 valence electrons. The Morgan fingerprint density at radius 2 is 2.03 bits per heavy atom. The number of benzene rings is 1. The van der Waals surface area contributed by atoms with E-state index in [4.69, 9.17) is 5.10 Å². The Bertz CT molecular complexity index is 975. The maximum atomic E-state index is 12.6. The topological polar surface area (TPSA) is 84.7 Å². The second kappa shape index (κ2) is 9.23. The average molecular weight is 429 g/mol. The van der Waals surface area contributed by atoms with Crippen molar-refractivity contribution < 1.29 is 4.79 Å². The number of anilines is 2. The van der Waals surface area contributed by atoms with Gasteiger partial charge in [-0.1, -0.05) is 68.1 Å². The molecule has 0 bridgehead atoms. The summed E-state index contributed by atoms with van der Waals surface area (Å²) in [6, 6.07) is 11.7. The van der Waals surface area contributed by atoms with E-state index in [2.05, 4.69) is 48.2 Å². The molecule has 0 aliphatic rings. The third-order valence-corrected chi connectivity index (χ3v) is 5.89. The van der Waals surface area contributed by atoms with Crippen molar-refractivity contribution in [2.45, 2.75) is 30.5 Å². The molecule has 0 spiro atoms. The predicted molar refractivity (Wildman–Crippen MR) is 120 cm³/mol. The molecule has 0 aliphatic heterocycles. The SMILES string of the molecule is C=CCNc1nnc(SCC(=O)Nc2cc(C(C)(C)C)nn2-c2ccccc2)s1. The molecule has 0 radical (unpaired) electrons. The summed E-state index contributed by atoms with van der Waals surface area (Å²) in [5, 5.41) is 19.6. The first-order valence-electron chi connectivity index (χ1n) is 9.13. The lowest BCUT2D eigenvalue weighted by Crippen LogP contribution is -2.16. The van der Waals surface area contributed by atoms with Crippen LogP contribution in [0.1, 0.15) is 26.5 Å². The van der Waals surface area contributed by atoms with Crippen LogP contribution in [0.2, 0.25) is 0 Å². The van der Waals surface area contributed by atoms with Gasteiger partial charge in [0.1, 0.15) is 5.82 Å². The molecule has 0 fully saturated rings. The fourth-order valence-corrected chi connectivity index (χ4v) is 3.97. The Morgan fingerprint density at radius 3 is 2.72 bits per heavy atom. The van der Waals surface area contributed by atoms with Crippen molar-refractivity contribution in [3.05, 3.63) is 54.7 Å². The molecule has 9 heteroatoms. The number of carbonyl (C=O) groups is 1. The van der Waals surface area contributed by atoms with Crippen LogP contribution in [0.3, 0.4) is 0 Å². The summed E-state index contributed by atoms with van der Waals surface area (Å²) < 4.78 is 2.50. The van der Waals surface area contributed by atoms with E-state index in [0.717, 1.165) is 15.7 Å². The molecule has 2 aromatic heterocycles. The number of hydrogen-bond acceptors (Lipinski definition) is 7. The molecule has 0 aliphatic carbocycles. The summed E-state index contributed by atoms with van der Waals surface area (Å²) in [6.45, 7) is 10.6. The summed E-state index contributed by atoms with van der Waals surface area (Å²) in [5.41, 5.74) is 1.68. The van der Waals surface area contributed by atoms with E-state index < -0.39 is 0 Å². The van der Waals surface area contributed by atoms with Crippen molar-refractivity contribution in [1.82, 2.24) is 20.0 Å². The molecule has 0 atom stereocenters. The molecular formula is C20H24N6OS2. The standard InChI is InChI=1S/C20H24N6OS2/c1-5-11-21-18-23-24-19(29-18)28-13-17(27)22-16-12-15(20(2,3)4)25-26(16)14-9-7-6-8-10-14/h5-10,12H,1,11,13H2,2-4H3,(H,21,23)(H,22,27). The van der Waals surface area contributed by atoms with Gasteiger partial charge in [0.15, 0.2) is 4.34 Å². The predicted octanol–water partition coefficient (Wildman–Crippen LogP) is 4.35. The van der Waals surface area contributed by atoms with Crippen molar-refractivity contribution in [1.29, 1.82) is 0 Å². The Hall–Kier alpha value is -2.65. The van der Waals surface area contributed by atoms with E-state index in [0.29, 0.717) is 17.5 Å². The highest BCUT2D eigenvalue weighted by Crippen LogP contribution is 2.28. The Kier molecular flexibility index (Phi) is 6.71. The molecule has 1 amide bonds. The second-order valence-electron chi connectivity index (χ2n) is 7.29. The maximum Gasteiger partial charge on any atom is 0.235 e. The third kappa shape index (κ3) is 5.68. The van der Waals surface area contributed by atoms with Crippen LogP contribution < -0.4 is 10.6 Å². The number of aromatic nitrogens is 4. The number of carbonyl (C=O) groups excluding carboxylic acids is 1. The van der Waals surface area contributed by atoms with Gasteiger partial charge in [0, 0.05) is 18.0 Å². The molecule has 1 aromatic carbocycles. The van der Waals surface area contributed by atoms with E-state index in [1.165, 1.54) is 23.1 Å². The van der Waals surface area contributed by atoms with Crippen LogP contribution in [0, 0.1) is 0 Å². The van der Waals surface area contributed by atoms with Gasteiger partial charge in [-0.3, -0.25) is 4.79 Å². The first-order valence-corrected chi connectivity index (χ1v) is 10.9. The number of nitrogens with one attached hydrogen (secondary N) is 2. The van der Waals surface area contributed by atoms with Gasteiger partial charge in [-0.25, -0.2) is 4.68 Å². The van der Waals surface area contributed by atoms with Gasteiger partial charge < -0.3 is 10.6 Å². The average Bonchev–Trinajstić information content (AvgIpc) is 3.32. The number of para-hydroxylation sites is 1. The fraction of sp³-hybridized carbons (Fsp3) is 0.300. The molecule has 3 rings (SSSR count). The monoisotopic (exact) mass is 428 g/mol. The minimum atomic E-state index is -0.129. The minimum absolute atomic E-state index is 0.122. The highest BCUT2D eigenvalue weighted by atomic mass is 32.2. The highest BCUT2D eigenvalue weighted by molar-refractivity contribution is 8.01. The molecule has 0 saturated heterocycles. The van der Waals surface area contributed by atoms with Gasteiger partial charge >= 0.3 is 0 Å². The summed E-state index contributed by atoms with van der Waals surface area (Å²) in [6.07, 6.45) is 1.75. The van der Waals surface area contributed by atoms with Gasteiger partial charge in [0.05, 0.1) is 17.1 Å². The van der Waals surface area contributed by atoms with Crippen LogP contribution in [-0.4, -0.2) is 38.2 Å². The molecule has 0 unspecified atom stereocenters. The van der Waals surface area contributed by atoms with Crippen molar-refractivity contribution in [3.8, 4) is 5.69 Å². The lowest BCUT2D eigenvalue weighted by atomic mass is 9.92. The summed E-state index contributed by atoms with van der Waals surface area (Å²) in [7, 11) is 0. The van der Waals surface area contributed by atoms with E-state index in [1.54, 1.807) is 10.8 Å². The molecule has 3 aromatic rings. The van der Waals surface area contributed by atoms with Crippen molar-refractivity contribution >= 4 is 40.0 Å². The normalized spacial score (nSPS) is 11.3. The molecule has 29 heavy (non-hydrogen) atoms. The number of nitrogens with zero attached hydrogens (tertiary/aromatic N) is 4. The first kappa shape index (κ1) is 21.1. The zero-order valence-electron chi connectivity index (χ0n) is 16.7. The Balaban J connectivity index is 1.70. The summed E-state index contributed by atoms with van der Waals surface area (Å²) in [4.78, 5) is 12.6. The van der Waals surface area contributed by atoms with Crippen LogP contribution in [-0.2, 0) is 10.2 Å². The smallest absolute Gasteiger partial charge is 0.235 e. The van der Waals surface area contributed by atoms with E-state index in [1.807, 2.05) is 36.4 Å². The number of amides is 1. The van der Waals surface area contributed by atoms with Gasteiger partial charge in [-0.15, -0.1) is 16.8 Å². The third-order valence-electron chi connectivity index (χ3n) is 3.88. The molecule has 2 N–H and O–H groups in total. The summed E-state index contributed by atoms with van der Waals surface area (Å²) >= 11 is 2.77. The van der Waals surface area contributed by atoms with Gasteiger partial charge in [-0.2, -0.15) is 5.10 Å². The minimum Gasteiger partial charge on any atom is -0.357 e. The number of hydrogen-bond donors (Lipinski definition) is 2. The Morgan fingerprint density at radius 1 is 1.28 bits per heavy atom. The van der Waals surface area contributed by atoms with Crippen molar-refractivity contribution in [2.75, 3.05) is 22.9 Å². The largest absolute Gasteiger partial charge is 0.357 e. The lowest BCUT2D eigenvalue weighted by Gasteiger charge is -2.14. The van der Waals surface area contributed by atoms with Crippen LogP contribution >= 0.6 is 23.1 Å². The van der Waals surface area contributed by atoms with E-state index in [-0.39, 0.29) is 17.1 Å². The zero-order valence-corrected chi connectivity index (χ0v) is 18.3. The molecule has 0 saturated carbocycles. The van der Waals surface area contributed by atoms with E-state index >= 15 is 0 Å². The van der Waals surface area contributed by atoms with Crippen LogP contribution in [0.25, 0.3) is 5.69 Å². The lowest BCUT2D eigenvalue weighted by molar-refractivity contribution is -0.113. The van der Waals surface area contributed by atoms with Crippen LogP contribution in [0.15, 0.2) is 53.4 Å². The van der Waals surface area contributed by atoms with Crippen LogP contribution in [0.4, 0.5) is 10.9 Å². The van der Waals surface area contributed by atoms with Gasteiger partial charge in [-0.05, 0) is 12.1 Å². The van der Waals surface area contributed by atoms with Crippen molar-refractivity contribution in [2.24, 2.45) is 0 Å². The molecular weight excluding hydrogens is 404 g/mol. The number of thioether (sulfide) groups is 1. The summed E-state index contributed by atoms with van der Waals surface area (Å²) in [5.74, 6) is 0.765. The first-order chi connectivity index (χ1) is 13.9. The van der Waals surface area contributed by atoms with Gasteiger partial charge in [0.2, 0.25) is 11.0 Å². The van der Waals surface area contributed by atoms with Crippen LogP contribution in [0.5, 0.6) is 0 Å².